The number of hydrogen-bond donors (Lipinski definition) is 2. The highest BCUT2D eigenvalue weighted by atomic mass is 19.4. The molecule has 4 amide bonds. The van der Waals surface area contributed by atoms with Gasteiger partial charge in [-0.2, -0.15) is 13.2 Å². The molecule has 10 heteroatoms. The van der Waals surface area contributed by atoms with E-state index < -0.39 is 41.7 Å². The number of piperidine rings is 1. The van der Waals surface area contributed by atoms with Gasteiger partial charge in [0, 0.05) is 13.1 Å². The molecule has 0 bridgehead atoms. The van der Waals surface area contributed by atoms with Crippen LogP contribution in [-0.4, -0.2) is 47.9 Å². The first-order valence-electron chi connectivity index (χ1n) is 12.2. The largest absolute Gasteiger partial charge is 0.416 e. The Bertz CT molecular complexity index is 1020. The Labute approximate surface area is 203 Å². The average Bonchev–Trinajstić information content (AvgIpc) is 2.95. The summed E-state index contributed by atoms with van der Waals surface area (Å²) in [6.07, 6.45) is 0.185. The van der Waals surface area contributed by atoms with Gasteiger partial charge >= 0.3 is 12.2 Å². The Morgan fingerprint density at radius 1 is 1.14 bits per heavy atom. The molecule has 3 fully saturated rings. The van der Waals surface area contributed by atoms with Crippen molar-refractivity contribution in [1.82, 2.24) is 10.2 Å². The van der Waals surface area contributed by atoms with Gasteiger partial charge in [0.15, 0.2) is 0 Å². The van der Waals surface area contributed by atoms with E-state index in [2.05, 4.69) is 24.5 Å². The van der Waals surface area contributed by atoms with E-state index in [1.807, 2.05) is 11.8 Å². The molecule has 0 unspecified atom stereocenters. The first-order valence-corrected chi connectivity index (χ1v) is 12.2. The van der Waals surface area contributed by atoms with Crippen molar-refractivity contribution in [3.05, 3.63) is 23.8 Å². The zero-order valence-corrected chi connectivity index (χ0v) is 20.4. The van der Waals surface area contributed by atoms with E-state index >= 15 is 0 Å². The Kier molecular flexibility index (Phi) is 6.53. The van der Waals surface area contributed by atoms with E-state index in [1.165, 1.54) is 6.07 Å². The van der Waals surface area contributed by atoms with Crippen molar-refractivity contribution in [2.24, 2.45) is 11.3 Å². The molecule has 2 N–H and O–H groups in total. The fraction of sp³-hybridized carbons (Fsp3) is 0.640. The fourth-order valence-electron chi connectivity index (χ4n) is 6.21. The molecule has 2 atom stereocenters. The van der Waals surface area contributed by atoms with Gasteiger partial charge in [0.05, 0.1) is 16.9 Å². The smallest absolute Gasteiger partial charge is 0.370 e. The quantitative estimate of drug-likeness (QED) is 0.591. The molecule has 7 nitrogen and oxygen atoms in total. The number of amides is 4. The Morgan fingerprint density at radius 2 is 1.83 bits per heavy atom. The van der Waals surface area contributed by atoms with Crippen LogP contribution in [0.5, 0.6) is 0 Å². The number of nitrogens with zero attached hydrogens (tertiary/aromatic N) is 2. The van der Waals surface area contributed by atoms with Crippen LogP contribution in [0.2, 0.25) is 0 Å². The summed E-state index contributed by atoms with van der Waals surface area (Å²) in [5, 5.41) is 5.37. The molecule has 3 aliphatic rings. The van der Waals surface area contributed by atoms with Gasteiger partial charge in [-0.05, 0) is 68.1 Å². The van der Waals surface area contributed by atoms with Crippen LogP contribution in [0.15, 0.2) is 18.2 Å². The van der Waals surface area contributed by atoms with Crippen molar-refractivity contribution in [3.63, 3.8) is 0 Å². The van der Waals surface area contributed by atoms with Crippen molar-refractivity contribution >= 4 is 29.2 Å². The van der Waals surface area contributed by atoms with Crippen LogP contribution in [-0.2, 0) is 15.8 Å². The molecule has 2 saturated heterocycles. The predicted molar refractivity (Wildman–Crippen MR) is 126 cm³/mol. The second-order valence-corrected chi connectivity index (χ2v) is 11.1. The van der Waals surface area contributed by atoms with Crippen LogP contribution < -0.4 is 15.5 Å². The third-order valence-electron chi connectivity index (χ3n) is 7.22. The number of rotatable bonds is 4. The first kappa shape index (κ1) is 25.3. The van der Waals surface area contributed by atoms with Crippen LogP contribution in [0, 0.1) is 11.3 Å². The standard InChI is InChI=1S/C25H33F3N4O3/c1-16-12-23(2,3)15-24(13-16)21(34)32(22(35)30-24)14-20(33)29-18-11-17(25(26,27)28)7-8-19(18)31-9-5-4-6-10-31/h7-8,11,16H,4-6,9-10,12-15H2,1-3H3,(H,29,33)(H,30,35)/t16-,24-/m1/s1. The summed E-state index contributed by atoms with van der Waals surface area (Å²) in [6, 6.07) is 2.65. The Morgan fingerprint density at radius 3 is 2.46 bits per heavy atom. The highest BCUT2D eigenvalue weighted by Gasteiger charge is 2.56. The van der Waals surface area contributed by atoms with E-state index in [9.17, 15) is 27.6 Å². The molecule has 2 heterocycles. The normalized spacial score (nSPS) is 26.7. The highest BCUT2D eigenvalue weighted by Crippen LogP contribution is 2.46. The molecule has 192 valence electrons. The zero-order chi connectivity index (χ0) is 25.6. The van der Waals surface area contributed by atoms with Crippen molar-refractivity contribution in [2.75, 3.05) is 29.9 Å². The SMILES string of the molecule is C[C@@H]1CC(C)(C)C[C@@]2(C1)NC(=O)N(CC(=O)Nc1cc(C(F)(F)F)ccc1N1CCCCC1)C2=O. The lowest BCUT2D eigenvalue weighted by atomic mass is 9.64. The summed E-state index contributed by atoms with van der Waals surface area (Å²) < 4.78 is 40.1. The number of halogens is 3. The number of carbonyl (C=O) groups excluding carboxylic acids is 3. The van der Waals surface area contributed by atoms with Gasteiger partial charge in [-0.25, -0.2) is 4.79 Å². The minimum Gasteiger partial charge on any atom is -0.370 e. The molecule has 1 saturated carbocycles. The molecular weight excluding hydrogens is 461 g/mol. The number of alkyl halides is 3. The molecule has 1 aliphatic carbocycles. The predicted octanol–water partition coefficient (Wildman–Crippen LogP) is 4.77. The van der Waals surface area contributed by atoms with E-state index in [0.717, 1.165) is 42.7 Å². The summed E-state index contributed by atoms with van der Waals surface area (Å²) in [5.41, 5.74) is -1.54. The molecular formula is C25H33F3N4O3. The van der Waals surface area contributed by atoms with Gasteiger partial charge in [0.1, 0.15) is 12.1 Å². The highest BCUT2D eigenvalue weighted by molar-refractivity contribution is 6.10. The maximum Gasteiger partial charge on any atom is 0.416 e. The van der Waals surface area contributed by atoms with Crippen LogP contribution >= 0.6 is 0 Å². The number of hydrogen-bond acceptors (Lipinski definition) is 4. The number of carbonyl (C=O) groups is 3. The lowest BCUT2D eigenvalue weighted by Crippen LogP contribution is -2.54. The molecule has 2 aliphatic heterocycles. The van der Waals surface area contributed by atoms with Crippen molar-refractivity contribution in [3.8, 4) is 0 Å². The van der Waals surface area contributed by atoms with Gasteiger partial charge in [-0.1, -0.05) is 20.8 Å². The number of urea groups is 1. The molecule has 1 aromatic carbocycles. The molecule has 35 heavy (non-hydrogen) atoms. The monoisotopic (exact) mass is 494 g/mol. The fourth-order valence-corrected chi connectivity index (χ4v) is 6.21. The van der Waals surface area contributed by atoms with Gasteiger partial charge in [0.2, 0.25) is 5.91 Å². The van der Waals surface area contributed by atoms with Crippen LogP contribution in [0.4, 0.5) is 29.3 Å². The van der Waals surface area contributed by atoms with Crippen LogP contribution in [0.1, 0.15) is 64.9 Å². The van der Waals surface area contributed by atoms with Crippen molar-refractivity contribution < 1.29 is 27.6 Å². The number of nitrogens with one attached hydrogen (secondary N) is 2. The summed E-state index contributed by atoms with van der Waals surface area (Å²) in [7, 11) is 0. The number of imide groups is 1. The summed E-state index contributed by atoms with van der Waals surface area (Å²) >= 11 is 0. The molecule has 0 aromatic heterocycles. The summed E-state index contributed by atoms with van der Waals surface area (Å²) in [6.45, 7) is 6.93. The number of benzene rings is 1. The Balaban J connectivity index is 1.54. The average molecular weight is 495 g/mol. The Hall–Kier alpha value is -2.78. The maximum atomic E-state index is 13.4. The third kappa shape index (κ3) is 5.26. The van der Waals surface area contributed by atoms with Crippen LogP contribution in [0.3, 0.4) is 0 Å². The minimum atomic E-state index is -4.57. The van der Waals surface area contributed by atoms with Gasteiger partial charge in [0.25, 0.3) is 5.91 Å². The second kappa shape index (κ2) is 9.02. The van der Waals surface area contributed by atoms with Crippen molar-refractivity contribution in [1.29, 1.82) is 0 Å². The summed E-state index contributed by atoms with van der Waals surface area (Å²) in [4.78, 5) is 41.8. The maximum absolute atomic E-state index is 13.4. The van der Waals surface area contributed by atoms with E-state index in [1.54, 1.807) is 0 Å². The van der Waals surface area contributed by atoms with E-state index in [0.29, 0.717) is 31.6 Å². The number of anilines is 2. The van der Waals surface area contributed by atoms with Crippen LogP contribution in [0.25, 0.3) is 0 Å². The topological polar surface area (TPSA) is 81.8 Å². The van der Waals surface area contributed by atoms with Crippen molar-refractivity contribution in [2.45, 2.75) is 71.0 Å². The second-order valence-electron chi connectivity index (χ2n) is 11.1. The first-order chi connectivity index (χ1) is 16.3. The lowest BCUT2D eigenvalue weighted by molar-refractivity contribution is -0.137. The molecule has 1 spiro atoms. The minimum absolute atomic E-state index is 0.0286. The van der Waals surface area contributed by atoms with Gasteiger partial charge in [-0.3, -0.25) is 14.5 Å². The van der Waals surface area contributed by atoms with E-state index in [-0.39, 0.29) is 17.0 Å². The summed E-state index contributed by atoms with van der Waals surface area (Å²) in [5.74, 6) is -0.946. The van der Waals surface area contributed by atoms with Gasteiger partial charge in [-0.15, -0.1) is 0 Å². The molecule has 0 radical (unpaired) electrons. The molecule has 1 aromatic rings. The third-order valence-corrected chi connectivity index (χ3v) is 7.22. The van der Waals surface area contributed by atoms with E-state index in [4.69, 9.17) is 0 Å². The lowest BCUT2D eigenvalue weighted by Gasteiger charge is -2.43. The molecule has 4 rings (SSSR count). The zero-order valence-electron chi connectivity index (χ0n) is 20.4. The van der Waals surface area contributed by atoms with Gasteiger partial charge < -0.3 is 15.5 Å².